The van der Waals surface area contributed by atoms with E-state index in [1.54, 1.807) is 0 Å². The Balaban J connectivity index is 2.33. The second-order valence-electron chi connectivity index (χ2n) is 2.61. The zero-order valence-electron chi connectivity index (χ0n) is 6.13. The van der Waals surface area contributed by atoms with Gasteiger partial charge in [0.2, 0.25) is 0 Å². The van der Waals surface area contributed by atoms with Gasteiger partial charge in [0.25, 0.3) is 0 Å². The molecule has 0 saturated heterocycles. The summed E-state index contributed by atoms with van der Waals surface area (Å²) in [4.78, 5) is 0. The third kappa shape index (κ3) is 1.89. The molecule has 0 aromatic heterocycles. The van der Waals surface area contributed by atoms with Crippen LogP contribution in [0.2, 0.25) is 12.6 Å². The molecule has 1 rings (SSSR count). The van der Waals surface area contributed by atoms with E-state index in [9.17, 15) is 0 Å². The number of hydrogen-bond acceptors (Lipinski definition) is 1. The van der Waals surface area contributed by atoms with Crippen LogP contribution in [0.15, 0.2) is 11.8 Å². The number of hydrogen-bond donors (Lipinski definition) is 0. The molecule has 1 nitrogen and oxygen atoms in total. The molecule has 1 aliphatic rings. The second-order valence-corrected chi connectivity index (χ2v) is 13.6. The summed E-state index contributed by atoms with van der Waals surface area (Å²) in [7, 11) is -0.0542. The van der Waals surface area contributed by atoms with Crippen LogP contribution < -0.4 is 0 Å². The van der Waals surface area contributed by atoms with Crippen molar-refractivity contribution in [3.05, 3.63) is 11.8 Å². The number of rotatable bonds is 2. The molecule has 0 aliphatic carbocycles. The summed E-state index contributed by atoms with van der Waals surface area (Å²) in [6.45, 7) is 2.36. The van der Waals surface area contributed by atoms with Crippen LogP contribution in [0, 0.1) is 0 Å². The van der Waals surface area contributed by atoms with E-state index in [1.165, 1.54) is 12.5 Å². The molecule has 0 saturated carbocycles. The lowest BCUT2D eigenvalue weighted by Crippen LogP contribution is -2.31. The molecule has 0 spiro atoms. The van der Waals surface area contributed by atoms with Crippen molar-refractivity contribution in [2.45, 2.75) is 19.0 Å². The molecule has 1 heterocycles. The van der Waals surface area contributed by atoms with Gasteiger partial charge in [0.1, 0.15) is 19.0 Å². The molecule has 0 amide bonds. The van der Waals surface area contributed by atoms with Crippen molar-refractivity contribution in [2.75, 3.05) is 0 Å². The molecule has 0 radical (unpaired) electrons. The van der Waals surface area contributed by atoms with Crippen molar-refractivity contribution < 1.29 is 4.12 Å². The van der Waals surface area contributed by atoms with Gasteiger partial charge in [-0.15, -0.1) is 5.70 Å². The SMILES string of the molecule is C[SiH](O[SiH3])[SiH]1C=CCC1. The Morgan fingerprint density at radius 2 is 2.56 bits per heavy atom. The first-order valence-electron chi connectivity index (χ1n) is 3.54. The van der Waals surface area contributed by atoms with Crippen molar-refractivity contribution in [3.8, 4) is 0 Å². The summed E-state index contributed by atoms with van der Waals surface area (Å²) >= 11 is 0. The van der Waals surface area contributed by atoms with Gasteiger partial charge in [-0.05, 0) is 6.42 Å². The third-order valence-electron chi connectivity index (χ3n) is 2.02. The van der Waals surface area contributed by atoms with Gasteiger partial charge >= 0.3 is 0 Å². The maximum atomic E-state index is 5.52. The zero-order chi connectivity index (χ0) is 6.69. The average Bonchev–Trinajstić information content (AvgIpc) is 2.37. The lowest BCUT2D eigenvalue weighted by Gasteiger charge is -2.11. The summed E-state index contributed by atoms with van der Waals surface area (Å²) in [5.41, 5.74) is 2.48. The van der Waals surface area contributed by atoms with Gasteiger partial charge in [0.15, 0.2) is 0 Å². The van der Waals surface area contributed by atoms with E-state index < -0.39 is 16.9 Å². The van der Waals surface area contributed by atoms with Crippen LogP contribution in [-0.4, -0.2) is 27.4 Å². The van der Waals surface area contributed by atoms with Crippen LogP contribution in [0.4, 0.5) is 0 Å². The maximum Gasteiger partial charge on any atom is 0.148 e. The van der Waals surface area contributed by atoms with E-state index in [2.05, 4.69) is 18.3 Å². The predicted octanol–water partition coefficient (Wildman–Crippen LogP) is -0.558. The smallest absolute Gasteiger partial charge is 0.148 e. The molecule has 1 aliphatic heterocycles. The monoisotopic (exact) mass is 174 g/mol. The Kier molecular flexibility index (Phi) is 2.90. The largest absolute Gasteiger partial charge is 0.468 e. The van der Waals surface area contributed by atoms with Gasteiger partial charge in [-0.3, -0.25) is 0 Å². The lowest BCUT2D eigenvalue weighted by atomic mass is 10.5. The first-order chi connectivity index (χ1) is 4.34. The Morgan fingerprint density at radius 3 is 3.00 bits per heavy atom. The normalized spacial score (nSPS) is 29.2. The fourth-order valence-corrected chi connectivity index (χ4v) is 11.3. The zero-order valence-corrected chi connectivity index (χ0v) is 10.4. The topological polar surface area (TPSA) is 9.23 Å². The van der Waals surface area contributed by atoms with E-state index >= 15 is 0 Å². The van der Waals surface area contributed by atoms with Crippen molar-refractivity contribution in [2.24, 2.45) is 0 Å². The summed E-state index contributed by atoms with van der Waals surface area (Å²) in [6, 6.07) is 1.50. The van der Waals surface area contributed by atoms with Crippen LogP contribution >= 0.6 is 0 Å². The molecular formula is C5H14OSi3. The highest BCUT2D eigenvalue weighted by atomic mass is 29.2. The van der Waals surface area contributed by atoms with Crippen molar-refractivity contribution in [1.29, 1.82) is 0 Å². The van der Waals surface area contributed by atoms with Gasteiger partial charge in [-0.25, -0.2) is 0 Å². The average molecular weight is 174 g/mol. The maximum absolute atomic E-state index is 5.52. The molecule has 0 aromatic carbocycles. The van der Waals surface area contributed by atoms with Crippen molar-refractivity contribution in [1.82, 2.24) is 0 Å². The molecule has 0 fully saturated rings. The Bertz CT molecular complexity index is 115. The highest BCUT2D eigenvalue weighted by molar-refractivity contribution is 7.22. The fourth-order valence-electron chi connectivity index (χ4n) is 1.22. The minimum absolute atomic E-state index is 0.404. The van der Waals surface area contributed by atoms with E-state index in [0.29, 0.717) is 0 Å². The van der Waals surface area contributed by atoms with Gasteiger partial charge in [0, 0.05) is 0 Å². The van der Waals surface area contributed by atoms with E-state index in [0.717, 1.165) is 10.5 Å². The molecule has 4 heteroatoms. The van der Waals surface area contributed by atoms with Gasteiger partial charge in [-0.2, -0.15) is 0 Å². The first-order valence-corrected chi connectivity index (χ1v) is 10.1. The summed E-state index contributed by atoms with van der Waals surface area (Å²) in [5.74, 6) is 0. The van der Waals surface area contributed by atoms with E-state index in [4.69, 9.17) is 4.12 Å². The first kappa shape index (κ1) is 7.46. The highest BCUT2D eigenvalue weighted by Crippen LogP contribution is 2.11. The van der Waals surface area contributed by atoms with Crippen LogP contribution in [0.25, 0.3) is 0 Å². The van der Waals surface area contributed by atoms with Crippen LogP contribution in [-0.2, 0) is 4.12 Å². The predicted molar refractivity (Wildman–Crippen MR) is 49.8 cm³/mol. The molecule has 0 bridgehead atoms. The van der Waals surface area contributed by atoms with E-state index in [-0.39, 0.29) is 0 Å². The van der Waals surface area contributed by atoms with Gasteiger partial charge < -0.3 is 4.12 Å². The molecule has 0 N–H and O–H groups in total. The Morgan fingerprint density at radius 1 is 1.78 bits per heavy atom. The minimum atomic E-state index is -0.620. The Hall–Kier alpha value is 0.351. The molecule has 0 aromatic rings. The molecule has 2 atom stereocenters. The summed E-state index contributed by atoms with van der Waals surface area (Å²) in [6.07, 6.45) is 3.69. The van der Waals surface area contributed by atoms with Crippen molar-refractivity contribution >= 4 is 27.4 Å². The highest BCUT2D eigenvalue weighted by Gasteiger charge is 2.19. The standard InChI is InChI=1S/C5H14OSi3/c1-8(6-7)9-4-2-3-5-9/h2,4,8-9H,3,5H2,1,7H3. The minimum Gasteiger partial charge on any atom is -0.468 e. The molecule has 2 unspecified atom stereocenters. The molecular weight excluding hydrogens is 160 g/mol. The van der Waals surface area contributed by atoms with Crippen LogP contribution in [0.1, 0.15) is 6.42 Å². The fraction of sp³-hybridized carbons (Fsp3) is 0.600. The molecule has 52 valence electrons. The third-order valence-corrected chi connectivity index (χ3v) is 15.7. The summed E-state index contributed by atoms with van der Waals surface area (Å²) in [5, 5.41) is 0. The number of allylic oxidation sites excluding steroid dienone is 1. The van der Waals surface area contributed by atoms with Crippen LogP contribution in [0.3, 0.4) is 0 Å². The van der Waals surface area contributed by atoms with E-state index in [1.807, 2.05) is 0 Å². The van der Waals surface area contributed by atoms with Gasteiger partial charge in [-0.1, -0.05) is 18.7 Å². The second kappa shape index (κ2) is 3.50. The molecule has 9 heavy (non-hydrogen) atoms. The summed E-state index contributed by atoms with van der Waals surface area (Å²) < 4.78 is 5.52. The van der Waals surface area contributed by atoms with Crippen molar-refractivity contribution in [3.63, 3.8) is 0 Å². The lowest BCUT2D eigenvalue weighted by molar-refractivity contribution is 0.660. The van der Waals surface area contributed by atoms with Gasteiger partial charge in [0.05, 0.1) is 8.31 Å². The van der Waals surface area contributed by atoms with Crippen LogP contribution in [0.5, 0.6) is 0 Å². The Labute approximate surface area is 62.8 Å². The quantitative estimate of drug-likeness (QED) is 0.510.